The quantitative estimate of drug-likeness (QED) is 0.290. The average molecular weight is 632 g/mol. The number of aliphatic hydroxyl groups is 1. The highest BCUT2D eigenvalue weighted by Gasteiger charge is 2.40. The number of ether oxygens (including phenoxy) is 1. The molecule has 4 N–H and O–H groups in total. The molecule has 2 fully saturated rings. The molecule has 1 saturated carbocycles. The number of fused-ring (bicyclic) bond motifs is 1. The second-order valence-corrected chi connectivity index (χ2v) is 12.8. The molecule has 1 aliphatic heterocycles. The maximum absolute atomic E-state index is 13.4. The summed E-state index contributed by atoms with van der Waals surface area (Å²) in [6, 6.07) is 6.28. The lowest BCUT2D eigenvalue weighted by atomic mass is 9.77. The summed E-state index contributed by atoms with van der Waals surface area (Å²) >= 11 is 0. The van der Waals surface area contributed by atoms with Crippen molar-refractivity contribution in [2.45, 2.75) is 82.8 Å². The van der Waals surface area contributed by atoms with E-state index in [9.17, 15) is 27.9 Å². The second kappa shape index (κ2) is 12.5. The number of benzene rings is 1. The van der Waals surface area contributed by atoms with Gasteiger partial charge in [-0.15, -0.1) is 5.10 Å². The predicted molar refractivity (Wildman–Crippen MR) is 162 cm³/mol. The smallest absolute Gasteiger partial charge is 0.416 e. The first-order valence-electron chi connectivity index (χ1n) is 15.2. The Morgan fingerprint density at radius 3 is 2.42 bits per heavy atom. The first-order chi connectivity index (χ1) is 21.1. The van der Waals surface area contributed by atoms with Crippen molar-refractivity contribution in [3.05, 3.63) is 47.7 Å². The number of carbonyl (C=O) groups excluding carboxylic acids is 2. The van der Waals surface area contributed by atoms with Crippen LogP contribution < -0.4 is 20.7 Å². The van der Waals surface area contributed by atoms with Crippen LogP contribution in [0.2, 0.25) is 0 Å². The number of pyridine rings is 1. The Labute approximate surface area is 259 Å². The van der Waals surface area contributed by atoms with Crippen molar-refractivity contribution in [3.63, 3.8) is 0 Å². The Morgan fingerprint density at radius 1 is 1.11 bits per heavy atom. The van der Waals surface area contributed by atoms with Gasteiger partial charge in [0.15, 0.2) is 5.82 Å². The van der Waals surface area contributed by atoms with Gasteiger partial charge in [-0.1, -0.05) is 0 Å². The van der Waals surface area contributed by atoms with E-state index in [1.165, 1.54) is 6.07 Å². The molecule has 0 bridgehead atoms. The summed E-state index contributed by atoms with van der Waals surface area (Å²) in [5, 5.41) is 24.0. The minimum atomic E-state index is -4.59. The predicted octanol–water partition coefficient (Wildman–Crippen LogP) is 4.25. The molecule has 45 heavy (non-hydrogen) atoms. The van der Waals surface area contributed by atoms with Crippen LogP contribution >= 0.6 is 0 Å². The third kappa shape index (κ3) is 7.50. The van der Waals surface area contributed by atoms with Crippen LogP contribution in [0.5, 0.6) is 5.88 Å². The molecule has 1 aliphatic carbocycles. The molecular weight excluding hydrogens is 591 g/mol. The first-order valence-corrected chi connectivity index (χ1v) is 15.2. The zero-order chi connectivity index (χ0) is 32.6. The maximum atomic E-state index is 13.4. The van der Waals surface area contributed by atoms with Crippen LogP contribution in [0.15, 0.2) is 36.5 Å². The zero-order valence-electron chi connectivity index (χ0n) is 25.9. The number of hydrogen-bond donors (Lipinski definition) is 4. The zero-order valence-corrected chi connectivity index (χ0v) is 25.9. The number of amides is 2. The van der Waals surface area contributed by atoms with Gasteiger partial charge in [0.25, 0.3) is 0 Å². The number of alkyl halides is 3. The van der Waals surface area contributed by atoms with E-state index in [4.69, 9.17) is 4.74 Å². The third-order valence-corrected chi connectivity index (χ3v) is 8.24. The minimum Gasteiger partial charge on any atom is -0.478 e. The van der Waals surface area contributed by atoms with E-state index in [-0.39, 0.29) is 35.2 Å². The lowest BCUT2D eigenvalue weighted by Crippen LogP contribution is -2.63. The number of carbonyl (C=O) groups is 2. The van der Waals surface area contributed by atoms with Crippen LogP contribution in [-0.4, -0.2) is 80.6 Å². The standard InChI is InChI=1S/C31H40F3N7O4/c1-5-45-26-9-7-20(15-35-26)30(44)12-10-22(11-13-30)40-17-21(18-40)37-25(42)16-36-27-23-14-19(31(32,33)34)6-8-24(23)41(39-27)28(43)38-29(2,3)4/h6-9,14-15,21-22,44H,5,10-13,16-18H2,1-4H3,(H,36,39)(H,37,42)(H,38,43). The molecule has 244 valence electrons. The molecular formula is C31H40F3N7O4. The van der Waals surface area contributed by atoms with Gasteiger partial charge in [0.05, 0.1) is 35.9 Å². The highest BCUT2D eigenvalue weighted by Crippen LogP contribution is 2.39. The van der Waals surface area contributed by atoms with Crippen molar-refractivity contribution in [3.8, 4) is 5.88 Å². The van der Waals surface area contributed by atoms with Gasteiger partial charge < -0.3 is 25.8 Å². The van der Waals surface area contributed by atoms with Gasteiger partial charge in [0.2, 0.25) is 11.8 Å². The molecule has 1 aromatic carbocycles. The molecule has 2 amide bonds. The van der Waals surface area contributed by atoms with Crippen LogP contribution in [0.25, 0.3) is 10.9 Å². The molecule has 14 heteroatoms. The van der Waals surface area contributed by atoms with Crippen LogP contribution in [0.1, 0.15) is 64.5 Å². The van der Waals surface area contributed by atoms with E-state index in [2.05, 4.69) is 30.9 Å². The Balaban J connectivity index is 1.14. The van der Waals surface area contributed by atoms with E-state index >= 15 is 0 Å². The van der Waals surface area contributed by atoms with Gasteiger partial charge in [-0.2, -0.15) is 17.9 Å². The fraction of sp³-hybridized carbons (Fsp3) is 0.548. The number of aromatic nitrogens is 3. The van der Waals surface area contributed by atoms with Gasteiger partial charge in [0, 0.05) is 47.9 Å². The Morgan fingerprint density at radius 2 is 1.82 bits per heavy atom. The van der Waals surface area contributed by atoms with E-state index in [1.807, 2.05) is 13.0 Å². The van der Waals surface area contributed by atoms with Gasteiger partial charge in [-0.3, -0.25) is 9.69 Å². The summed E-state index contributed by atoms with van der Waals surface area (Å²) in [6.45, 7) is 8.85. The molecule has 2 aromatic heterocycles. The second-order valence-electron chi connectivity index (χ2n) is 12.8. The topological polar surface area (TPSA) is 134 Å². The lowest BCUT2D eigenvalue weighted by molar-refractivity contribution is -0.137. The molecule has 3 aromatic rings. The molecule has 0 radical (unpaired) electrons. The van der Waals surface area contributed by atoms with Gasteiger partial charge >= 0.3 is 12.2 Å². The number of anilines is 1. The number of nitrogens with one attached hydrogen (secondary N) is 3. The largest absolute Gasteiger partial charge is 0.478 e. The number of likely N-dealkylation sites (tertiary alicyclic amines) is 1. The van der Waals surface area contributed by atoms with Crippen LogP contribution in [-0.2, 0) is 16.6 Å². The van der Waals surface area contributed by atoms with Gasteiger partial charge in [0.1, 0.15) is 0 Å². The summed E-state index contributed by atoms with van der Waals surface area (Å²) < 4.78 is 46.7. The van der Waals surface area contributed by atoms with Crippen molar-refractivity contribution < 1.29 is 32.6 Å². The van der Waals surface area contributed by atoms with E-state index in [0.29, 0.717) is 44.5 Å². The molecule has 0 unspecified atom stereocenters. The normalized spacial score (nSPS) is 21.3. The van der Waals surface area contributed by atoms with Crippen LogP contribution in [0.4, 0.5) is 23.8 Å². The summed E-state index contributed by atoms with van der Waals surface area (Å²) in [4.78, 5) is 32.2. The van der Waals surface area contributed by atoms with Crippen molar-refractivity contribution in [1.82, 2.24) is 30.3 Å². The molecule has 0 atom stereocenters. The SMILES string of the molecule is CCOc1ccc(C2(O)CCC(N3CC(NC(=O)CNc4nn(C(=O)NC(C)(C)C)c5ccc(C(F)(F)F)cc45)C3)CC2)cn1. The molecule has 11 nitrogen and oxygen atoms in total. The molecule has 5 rings (SSSR count). The highest BCUT2D eigenvalue weighted by atomic mass is 19.4. The monoisotopic (exact) mass is 631 g/mol. The lowest BCUT2D eigenvalue weighted by Gasteiger charge is -2.48. The van der Waals surface area contributed by atoms with Crippen LogP contribution in [0.3, 0.4) is 0 Å². The van der Waals surface area contributed by atoms with Crippen molar-refractivity contribution in [2.75, 3.05) is 31.6 Å². The first kappa shape index (κ1) is 32.5. The number of hydrogen-bond acceptors (Lipinski definition) is 8. The summed E-state index contributed by atoms with van der Waals surface area (Å²) in [5.74, 6) is 0.196. The number of nitrogens with zero attached hydrogens (tertiary/aromatic N) is 4. The van der Waals surface area contributed by atoms with Crippen molar-refractivity contribution in [1.29, 1.82) is 0 Å². The maximum Gasteiger partial charge on any atom is 0.416 e. The fourth-order valence-electron chi connectivity index (χ4n) is 5.92. The molecule has 2 aliphatic rings. The fourth-order valence-corrected chi connectivity index (χ4v) is 5.92. The molecule has 0 spiro atoms. The summed E-state index contributed by atoms with van der Waals surface area (Å²) in [5.41, 5.74) is -1.44. The Hall–Kier alpha value is -3.91. The van der Waals surface area contributed by atoms with Crippen LogP contribution in [0, 0.1) is 0 Å². The van der Waals surface area contributed by atoms with Crippen molar-refractivity contribution in [2.24, 2.45) is 0 Å². The summed E-state index contributed by atoms with van der Waals surface area (Å²) in [6.07, 6.45) is -0.0743. The number of halogens is 3. The van der Waals surface area contributed by atoms with Gasteiger partial charge in [-0.05, 0) is 77.6 Å². The Kier molecular flexibility index (Phi) is 9.00. The number of rotatable bonds is 8. The van der Waals surface area contributed by atoms with E-state index in [1.54, 1.807) is 33.0 Å². The third-order valence-electron chi connectivity index (χ3n) is 8.24. The van der Waals surface area contributed by atoms with Crippen molar-refractivity contribution >= 4 is 28.7 Å². The minimum absolute atomic E-state index is 0.00275. The van der Waals surface area contributed by atoms with E-state index < -0.39 is 28.9 Å². The Bertz CT molecular complexity index is 1520. The molecule has 1 saturated heterocycles. The van der Waals surface area contributed by atoms with E-state index in [0.717, 1.165) is 35.2 Å². The average Bonchev–Trinajstić information content (AvgIpc) is 3.32. The van der Waals surface area contributed by atoms with Gasteiger partial charge in [-0.25, -0.2) is 9.78 Å². The molecule has 3 heterocycles. The highest BCUT2D eigenvalue weighted by molar-refractivity contribution is 5.98. The summed E-state index contributed by atoms with van der Waals surface area (Å²) in [7, 11) is 0.